The monoisotopic (exact) mass is 624 g/mol. The van der Waals surface area contributed by atoms with Crippen LogP contribution in [0.3, 0.4) is 0 Å². The molecule has 5 aromatic rings. The van der Waals surface area contributed by atoms with Crippen molar-refractivity contribution in [3.8, 4) is 5.75 Å². The molecule has 0 saturated heterocycles. The van der Waals surface area contributed by atoms with Gasteiger partial charge in [0.25, 0.3) is 0 Å². The average Bonchev–Trinajstić information content (AvgIpc) is 2.99. The fourth-order valence-electron chi connectivity index (χ4n) is 5.33. The molecule has 0 bridgehead atoms. The molecule has 0 spiro atoms. The van der Waals surface area contributed by atoms with Crippen molar-refractivity contribution in [2.45, 2.75) is 25.1 Å². The first-order chi connectivity index (χ1) is 20.3. The standard InChI is InChI=1S/C35H32ClF3N2O.ClH/c36-34-27(15-7-18-31(34)35(37,38)39)23-41(24-30(25-11-3-1-4-12-25)26-13-5-2-6-14-26)21-10-22-42-33-20-9-16-28-29(33)17-8-19-32(28)40;/h1-9,11-20,30H,10,21-24,40H2;1H. The van der Waals surface area contributed by atoms with Crippen molar-refractivity contribution in [2.75, 3.05) is 25.4 Å². The molecule has 2 N–H and O–H groups in total. The van der Waals surface area contributed by atoms with Gasteiger partial charge in [-0.05, 0) is 41.3 Å². The number of benzene rings is 5. The molecular weight excluding hydrogens is 592 g/mol. The van der Waals surface area contributed by atoms with Crippen molar-refractivity contribution in [1.82, 2.24) is 4.90 Å². The number of halogens is 5. The lowest BCUT2D eigenvalue weighted by Gasteiger charge is -2.29. The van der Waals surface area contributed by atoms with Crippen molar-refractivity contribution >= 4 is 40.5 Å². The van der Waals surface area contributed by atoms with Crippen LogP contribution in [0.15, 0.2) is 115 Å². The van der Waals surface area contributed by atoms with Crippen LogP contribution in [-0.2, 0) is 12.7 Å². The molecule has 8 heteroatoms. The van der Waals surface area contributed by atoms with E-state index in [-0.39, 0.29) is 29.9 Å². The Hall–Kier alpha value is -3.71. The van der Waals surface area contributed by atoms with Gasteiger partial charge in [0.15, 0.2) is 0 Å². The predicted molar refractivity (Wildman–Crippen MR) is 172 cm³/mol. The van der Waals surface area contributed by atoms with Crippen LogP contribution in [-0.4, -0.2) is 24.6 Å². The Balaban J connectivity index is 0.00000423. The maximum atomic E-state index is 13.6. The Bertz CT molecular complexity index is 1580. The molecule has 0 fully saturated rings. The summed E-state index contributed by atoms with van der Waals surface area (Å²) in [5, 5.41) is 1.62. The van der Waals surface area contributed by atoms with Gasteiger partial charge in [-0.25, -0.2) is 0 Å². The van der Waals surface area contributed by atoms with Crippen LogP contribution in [0.2, 0.25) is 5.02 Å². The lowest BCUT2D eigenvalue weighted by Crippen LogP contribution is -2.31. The number of nitrogens with zero attached hydrogens (tertiary/aromatic N) is 1. The second-order valence-corrected chi connectivity index (χ2v) is 10.7. The van der Waals surface area contributed by atoms with Crippen molar-refractivity contribution in [1.29, 1.82) is 0 Å². The molecule has 5 rings (SSSR count). The third-order valence-electron chi connectivity index (χ3n) is 7.41. The summed E-state index contributed by atoms with van der Waals surface area (Å²) in [7, 11) is 0. The Kier molecular flexibility index (Phi) is 11.0. The fourth-order valence-corrected chi connectivity index (χ4v) is 5.62. The first-order valence-corrected chi connectivity index (χ1v) is 14.3. The third-order valence-corrected chi connectivity index (χ3v) is 7.86. The van der Waals surface area contributed by atoms with Gasteiger partial charge in [0.2, 0.25) is 0 Å². The van der Waals surface area contributed by atoms with Crippen molar-refractivity contribution in [3.63, 3.8) is 0 Å². The molecule has 0 amide bonds. The molecule has 3 nitrogen and oxygen atoms in total. The van der Waals surface area contributed by atoms with E-state index in [9.17, 15) is 13.2 Å². The summed E-state index contributed by atoms with van der Waals surface area (Å²) >= 11 is 6.34. The number of ether oxygens (including phenoxy) is 1. The second-order valence-electron chi connectivity index (χ2n) is 10.3. The fraction of sp³-hybridized carbons (Fsp3) is 0.200. The summed E-state index contributed by atoms with van der Waals surface area (Å²) in [5.74, 6) is 0.762. The zero-order valence-corrected chi connectivity index (χ0v) is 25.0. The van der Waals surface area contributed by atoms with E-state index in [2.05, 4.69) is 29.2 Å². The van der Waals surface area contributed by atoms with Gasteiger partial charge in [-0.1, -0.05) is 109 Å². The highest BCUT2D eigenvalue weighted by molar-refractivity contribution is 6.32. The van der Waals surface area contributed by atoms with Gasteiger partial charge in [0.1, 0.15) is 5.75 Å². The van der Waals surface area contributed by atoms with E-state index in [1.807, 2.05) is 72.8 Å². The van der Waals surface area contributed by atoms with Crippen molar-refractivity contribution in [3.05, 3.63) is 143 Å². The number of hydrogen-bond donors (Lipinski definition) is 1. The first kappa shape index (κ1) is 32.2. The molecule has 0 unspecified atom stereocenters. The highest BCUT2D eigenvalue weighted by Crippen LogP contribution is 2.37. The average molecular weight is 626 g/mol. The van der Waals surface area contributed by atoms with E-state index < -0.39 is 11.7 Å². The normalized spacial score (nSPS) is 11.6. The second kappa shape index (κ2) is 14.6. The number of fused-ring (bicyclic) bond motifs is 1. The van der Waals surface area contributed by atoms with Crippen molar-refractivity contribution < 1.29 is 17.9 Å². The highest BCUT2D eigenvalue weighted by Gasteiger charge is 2.34. The molecule has 0 aliphatic rings. The van der Waals surface area contributed by atoms with Crippen LogP contribution in [0.5, 0.6) is 5.75 Å². The summed E-state index contributed by atoms with van der Waals surface area (Å²) in [6, 6.07) is 36.0. The van der Waals surface area contributed by atoms with Gasteiger partial charge in [-0.15, -0.1) is 12.4 Å². The zero-order chi connectivity index (χ0) is 29.5. The van der Waals surface area contributed by atoms with E-state index >= 15 is 0 Å². The molecule has 43 heavy (non-hydrogen) atoms. The molecule has 0 radical (unpaired) electrons. The topological polar surface area (TPSA) is 38.5 Å². The Morgan fingerprint density at radius 1 is 0.744 bits per heavy atom. The number of rotatable bonds is 11. The molecule has 0 aliphatic carbocycles. The van der Waals surface area contributed by atoms with Gasteiger partial charge >= 0.3 is 6.18 Å². The largest absolute Gasteiger partial charge is 0.493 e. The molecule has 0 aliphatic heterocycles. The number of nitrogens with two attached hydrogens (primary N) is 1. The van der Waals surface area contributed by atoms with Gasteiger partial charge in [0, 0.05) is 42.0 Å². The van der Waals surface area contributed by atoms with Crippen LogP contribution < -0.4 is 10.5 Å². The molecular formula is C35H33Cl2F3N2O. The number of anilines is 1. The number of alkyl halides is 3. The van der Waals surface area contributed by atoms with Crippen molar-refractivity contribution in [2.24, 2.45) is 0 Å². The Morgan fingerprint density at radius 3 is 2.00 bits per heavy atom. The molecule has 0 heterocycles. The summed E-state index contributed by atoms with van der Waals surface area (Å²) < 4.78 is 47.1. The van der Waals surface area contributed by atoms with E-state index in [0.29, 0.717) is 37.4 Å². The summed E-state index contributed by atoms with van der Waals surface area (Å²) in [5.41, 5.74) is 8.72. The molecule has 0 saturated carbocycles. The lowest BCUT2D eigenvalue weighted by molar-refractivity contribution is -0.137. The van der Waals surface area contributed by atoms with Gasteiger partial charge in [-0.3, -0.25) is 4.90 Å². The smallest absolute Gasteiger partial charge is 0.417 e. The Morgan fingerprint density at radius 2 is 1.35 bits per heavy atom. The molecule has 0 atom stereocenters. The Labute approximate surface area is 261 Å². The minimum atomic E-state index is -4.52. The van der Waals surface area contributed by atoms with Gasteiger partial charge < -0.3 is 10.5 Å². The number of hydrogen-bond acceptors (Lipinski definition) is 3. The summed E-state index contributed by atoms with van der Waals surface area (Å²) in [6.07, 6.45) is -3.87. The zero-order valence-electron chi connectivity index (χ0n) is 23.4. The van der Waals surface area contributed by atoms with Crippen LogP contribution in [0.4, 0.5) is 18.9 Å². The first-order valence-electron chi connectivity index (χ1n) is 13.9. The maximum absolute atomic E-state index is 13.6. The highest BCUT2D eigenvalue weighted by atomic mass is 35.5. The van der Waals surface area contributed by atoms with Crippen LogP contribution in [0.1, 0.15) is 34.6 Å². The lowest BCUT2D eigenvalue weighted by atomic mass is 9.90. The van der Waals surface area contributed by atoms with Gasteiger partial charge in [0.05, 0.1) is 17.2 Å². The van der Waals surface area contributed by atoms with E-state index in [4.69, 9.17) is 22.1 Å². The molecule has 5 aromatic carbocycles. The maximum Gasteiger partial charge on any atom is 0.417 e. The summed E-state index contributed by atoms with van der Waals surface area (Å²) in [6.45, 7) is 1.88. The minimum absolute atomic E-state index is 0. The third kappa shape index (κ3) is 8.02. The quantitative estimate of drug-likeness (QED) is 0.117. The number of nitrogen functional groups attached to an aromatic ring is 1. The summed E-state index contributed by atoms with van der Waals surface area (Å²) in [4.78, 5) is 2.16. The van der Waals surface area contributed by atoms with Crippen LogP contribution in [0, 0.1) is 0 Å². The van der Waals surface area contributed by atoms with Crippen LogP contribution in [0.25, 0.3) is 10.8 Å². The van der Waals surface area contributed by atoms with E-state index in [1.54, 1.807) is 6.07 Å². The van der Waals surface area contributed by atoms with Gasteiger partial charge in [-0.2, -0.15) is 13.2 Å². The molecule has 0 aromatic heterocycles. The molecule has 224 valence electrons. The van der Waals surface area contributed by atoms with Crippen LogP contribution >= 0.6 is 24.0 Å². The predicted octanol–water partition coefficient (Wildman–Crippen LogP) is 9.62. The minimum Gasteiger partial charge on any atom is -0.493 e. The SMILES string of the molecule is Cl.Nc1cccc2c(OCCCN(Cc3cccc(C(F)(F)F)c3Cl)CC(c3ccccc3)c3ccccc3)cccc12. The van der Waals surface area contributed by atoms with E-state index in [0.717, 1.165) is 33.7 Å². The van der Waals surface area contributed by atoms with E-state index in [1.165, 1.54) is 6.07 Å².